The van der Waals surface area contributed by atoms with Gasteiger partial charge in [0.05, 0.1) is 7.11 Å². The van der Waals surface area contributed by atoms with E-state index in [-0.39, 0.29) is 17.9 Å². The zero-order valence-electron chi connectivity index (χ0n) is 17.3. The normalized spacial score (nSPS) is 12.9. The average Bonchev–Trinajstić information content (AvgIpc) is 2.78. The number of ketones is 1. The van der Waals surface area contributed by atoms with Gasteiger partial charge in [0, 0.05) is 39.9 Å². The first kappa shape index (κ1) is 22.0. The van der Waals surface area contributed by atoms with E-state index in [0.29, 0.717) is 42.0 Å². The number of carbonyl (C=O) groups excluding carboxylic acids is 2. The molecule has 1 aliphatic carbocycles. The number of hydrogen-bond acceptors (Lipinski definition) is 4. The van der Waals surface area contributed by atoms with Crippen LogP contribution in [0.3, 0.4) is 0 Å². The number of Topliss-reactive ketones (excluding diaryl/α,β-unsaturated/α-hetero) is 1. The van der Waals surface area contributed by atoms with E-state index in [1.54, 1.807) is 6.07 Å². The fourth-order valence-electron chi connectivity index (χ4n) is 3.87. The lowest BCUT2D eigenvalue weighted by Crippen LogP contribution is -2.36. The van der Waals surface area contributed by atoms with E-state index in [4.69, 9.17) is 4.74 Å². The Morgan fingerprint density at radius 3 is 2.59 bits per heavy atom. The third-order valence-corrected chi connectivity index (χ3v) is 5.93. The molecule has 3 aromatic rings. The molecule has 0 unspecified atom stereocenters. The molecule has 1 heterocycles. The van der Waals surface area contributed by atoms with Gasteiger partial charge in [-0.3, -0.25) is 19.0 Å². The van der Waals surface area contributed by atoms with Crippen LogP contribution in [0.15, 0.2) is 57.8 Å². The minimum Gasteiger partial charge on any atom is -0.496 e. The van der Waals surface area contributed by atoms with Gasteiger partial charge in [-0.05, 0) is 61.4 Å². The number of nitrogens with one attached hydrogen (secondary N) is 1. The largest absolute Gasteiger partial charge is 0.496 e. The van der Waals surface area contributed by atoms with Crippen molar-refractivity contribution in [3.05, 3.63) is 91.6 Å². The highest BCUT2D eigenvalue weighted by Gasteiger charge is 2.26. The molecule has 0 spiro atoms. The van der Waals surface area contributed by atoms with Crippen molar-refractivity contribution in [2.45, 2.75) is 25.8 Å². The van der Waals surface area contributed by atoms with Crippen LogP contribution in [0.1, 0.15) is 44.8 Å². The Balaban J connectivity index is 1.75. The van der Waals surface area contributed by atoms with Crippen LogP contribution < -0.4 is 15.6 Å². The van der Waals surface area contributed by atoms with Gasteiger partial charge in [-0.25, -0.2) is 4.39 Å². The van der Waals surface area contributed by atoms with E-state index < -0.39 is 17.3 Å². The lowest BCUT2D eigenvalue weighted by atomic mass is 9.92. The molecule has 0 saturated heterocycles. The number of benzene rings is 2. The summed E-state index contributed by atoms with van der Waals surface area (Å²) in [5.41, 5.74) is 1.34. The topological polar surface area (TPSA) is 77.4 Å². The third kappa shape index (κ3) is 4.23. The zero-order valence-corrected chi connectivity index (χ0v) is 18.9. The number of halogens is 2. The molecule has 1 N–H and O–H groups in total. The summed E-state index contributed by atoms with van der Waals surface area (Å²) in [6.45, 7) is 0.127. The summed E-state index contributed by atoms with van der Waals surface area (Å²) >= 11 is 3.39. The molecule has 0 atom stereocenters. The number of pyridine rings is 1. The Kier molecular flexibility index (Phi) is 6.23. The van der Waals surface area contributed by atoms with Crippen LogP contribution in [0, 0.1) is 5.82 Å². The van der Waals surface area contributed by atoms with Crippen molar-refractivity contribution in [2.75, 3.05) is 7.11 Å². The first-order valence-electron chi connectivity index (χ1n) is 10.1. The second-order valence-corrected chi connectivity index (χ2v) is 8.37. The Morgan fingerprint density at radius 2 is 1.88 bits per heavy atom. The maximum Gasteiger partial charge on any atom is 0.268 e. The predicted molar refractivity (Wildman–Crippen MR) is 121 cm³/mol. The smallest absolute Gasteiger partial charge is 0.268 e. The molecule has 0 saturated carbocycles. The number of rotatable bonds is 5. The van der Waals surface area contributed by atoms with Crippen molar-refractivity contribution in [1.29, 1.82) is 0 Å². The molecular weight excluding hydrogens is 479 g/mol. The van der Waals surface area contributed by atoms with E-state index in [2.05, 4.69) is 21.2 Å². The summed E-state index contributed by atoms with van der Waals surface area (Å²) in [6, 6.07) is 12.2. The minimum atomic E-state index is -0.603. The number of hydrogen-bond donors (Lipinski definition) is 1. The van der Waals surface area contributed by atoms with Crippen LogP contribution in [0.2, 0.25) is 0 Å². The Morgan fingerprint density at radius 1 is 1.12 bits per heavy atom. The van der Waals surface area contributed by atoms with E-state index in [1.807, 2.05) is 12.1 Å². The van der Waals surface area contributed by atoms with Gasteiger partial charge < -0.3 is 10.1 Å². The van der Waals surface area contributed by atoms with Crippen molar-refractivity contribution in [1.82, 2.24) is 9.88 Å². The minimum absolute atomic E-state index is 0.121. The van der Waals surface area contributed by atoms with Crippen LogP contribution in [0.25, 0.3) is 5.69 Å². The quantitative estimate of drug-likeness (QED) is 0.571. The van der Waals surface area contributed by atoms with E-state index >= 15 is 0 Å². The number of amides is 1. The number of aromatic nitrogens is 1. The summed E-state index contributed by atoms with van der Waals surface area (Å²) in [5.74, 6) is -0.569. The molecule has 0 radical (unpaired) electrons. The molecule has 164 valence electrons. The van der Waals surface area contributed by atoms with E-state index in [1.165, 1.54) is 42.0 Å². The van der Waals surface area contributed by atoms with Gasteiger partial charge in [-0.2, -0.15) is 0 Å². The number of ether oxygens (including phenoxy) is 1. The lowest BCUT2D eigenvalue weighted by Gasteiger charge is -2.21. The maximum absolute atomic E-state index is 13.4. The third-order valence-electron chi connectivity index (χ3n) is 5.43. The van der Waals surface area contributed by atoms with Gasteiger partial charge in [0.1, 0.15) is 17.1 Å². The molecule has 1 aliphatic rings. The highest BCUT2D eigenvalue weighted by molar-refractivity contribution is 9.10. The van der Waals surface area contributed by atoms with Gasteiger partial charge >= 0.3 is 0 Å². The standard InChI is InChI=1S/C24H20BrFN2O4/c1-32-22-10-5-15(25)11-14(22)13-27-23(30)19-12-18-20(3-2-4-21(18)29)28(24(19)31)17-8-6-16(26)7-9-17/h5-12H,2-4,13H2,1H3,(H,27,30). The fraction of sp³-hybridized carbons (Fsp3) is 0.208. The van der Waals surface area contributed by atoms with E-state index in [9.17, 15) is 18.8 Å². The molecule has 4 rings (SSSR count). The van der Waals surface area contributed by atoms with Gasteiger partial charge in [-0.1, -0.05) is 15.9 Å². The molecule has 0 fully saturated rings. The van der Waals surface area contributed by atoms with Crippen molar-refractivity contribution in [3.8, 4) is 11.4 Å². The van der Waals surface area contributed by atoms with Crippen molar-refractivity contribution in [3.63, 3.8) is 0 Å². The average molecular weight is 499 g/mol. The summed E-state index contributed by atoms with van der Waals surface area (Å²) in [6.07, 6.45) is 1.48. The van der Waals surface area contributed by atoms with Crippen molar-refractivity contribution < 1.29 is 18.7 Å². The highest BCUT2D eigenvalue weighted by Crippen LogP contribution is 2.25. The number of methoxy groups -OCH3 is 1. The van der Waals surface area contributed by atoms with Gasteiger partial charge in [0.15, 0.2) is 5.78 Å². The summed E-state index contributed by atoms with van der Waals surface area (Å²) < 4.78 is 20.9. The van der Waals surface area contributed by atoms with E-state index in [0.717, 1.165) is 10.0 Å². The Hall–Kier alpha value is -3.26. The SMILES string of the molecule is COc1ccc(Br)cc1CNC(=O)c1cc2c(n(-c3ccc(F)cc3)c1=O)CCCC2=O. The van der Waals surface area contributed by atoms with Gasteiger partial charge in [0.25, 0.3) is 11.5 Å². The number of carbonyl (C=O) groups is 2. The van der Waals surface area contributed by atoms with Crippen LogP contribution in [-0.2, 0) is 13.0 Å². The van der Waals surface area contributed by atoms with Gasteiger partial charge in [-0.15, -0.1) is 0 Å². The van der Waals surface area contributed by atoms with Crippen LogP contribution in [0.5, 0.6) is 5.75 Å². The molecule has 32 heavy (non-hydrogen) atoms. The van der Waals surface area contributed by atoms with Crippen LogP contribution >= 0.6 is 15.9 Å². The lowest BCUT2D eigenvalue weighted by molar-refractivity contribution is 0.0948. The molecule has 1 amide bonds. The molecule has 0 aliphatic heterocycles. The predicted octanol–water partition coefficient (Wildman–Crippen LogP) is 4.20. The molecule has 2 aromatic carbocycles. The molecule has 1 aromatic heterocycles. The summed E-state index contributed by atoms with van der Waals surface area (Å²) in [7, 11) is 1.53. The molecule has 8 heteroatoms. The Bertz CT molecular complexity index is 1270. The first-order valence-corrected chi connectivity index (χ1v) is 10.9. The highest BCUT2D eigenvalue weighted by atomic mass is 79.9. The number of fused-ring (bicyclic) bond motifs is 1. The fourth-order valence-corrected chi connectivity index (χ4v) is 4.28. The zero-order chi connectivity index (χ0) is 22.8. The Labute approximate surface area is 192 Å². The second-order valence-electron chi connectivity index (χ2n) is 7.45. The molecular formula is C24H20BrFN2O4. The number of nitrogens with zero attached hydrogens (tertiary/aromatic N) is 1. The van der Waals surface area contributed by atoms with Crippen LogP contribution in [0.4, 0.5) is 4.39 Å². The van der Waals surface area contributed by atoms with Crippen LogP contribution in [-0.4, -0.2) is 23.4 Å². The first-order chi connectivity index (χ1) is 15.4. The second kappa shape index (κ2) is 9.08. The molecule has 6 nitrogen and oxygen atoms in total. The molecule has 0 bridgehead atoms. The maximum atomic E-state index is 13.4. The monoisotopic (exact) mass is 498 g/mol. The summed E-state index contributed by atoms with van der Waals surface area (Å²) in [4.78, 5) is 38.9. The van der Waals surface area contributed by atoms with Crippen molar-refractivity contribution >= 4 is 27.6 Å². The summed E-state index contributed by atoms with van der Waals surface area (Å²) in [5, 5.41) is 2.74. The van der Waals surface area contributed by atoms with Crippen molar-refractivity contribution in [2.24, 2.45) is 0 Å². The van der Waals surface area contributed by atoms with Gasteiger partial charge in [0.2, 0.25) is 0 Å².